The molecule has 1 aliphatic rings. The minimum atomic E-state index is -0.0856. The lowest BCUT2D eigenvalue weighted by Gasteiger charge is -2.23. The van der Waals surface area contributed by atoms with E-state index in [9.17, 15) is 4.79 Å². The summed E-state index contributed by atoms with van der Waals surface area (Å²) < 4.78 is 1.96. The van der Waals surface area contributed by atoms with E-state index in [1.54, 1.807) is 12.5 Å². The Balaban J connectivity index is 1.30. The number of nitrogens with zero attached hydrogens (tertiary/aromatic N) is 5. The van der Waals surface area contributed by atoms with Crippen LogP contribution < -0.4 is 0 Å². The number of rotatable bonds is 6. The number of fused-ring (bicyclic) bond motifs is 2. The Morgan fingerprint density at radius 1 is 0.943 bits per heavy atom. The molecule has 2 aromatic carbocycles. The van der Waals surface area contributed by atoms with Gasteiger partial charge in [0.15, 0.2) is 0 Å². The van der Waals surface area contributed by atoms with Gasteiger partial charge < -0.3 is 14.5 Å². The molecule has 5 aromatic rings. The monoisotopic (exact) mass is 462 g/mol. The van der Waals surface area contributed by atoms with Crippen molar-refractivity contribution in [3.63, 3.8) is 0 Å². The van der Waals surface area contributed by atoms with E-state index in [0.717, 1.165) is 53.1 Å². The van der Waals surface area contributed by atoms with Gasteiger partial charge in [-0.15, -0.1) is 0 Å². The number of amides is 1. The highest BCUT2D eigenvalue weighted by atomic mass is 16.2. The first-order valence-corrected chi connectivity index (χ1v) is 12.0. The van der Waals surface area contributed by atoms with Gasteiger partial charge in [0.05, 0.1) is 23.9 Å². The summed E-state index contributed by atoms with van der Waals surface area (Å²) in [4.78, 5) is 32.5. The number of hydrogen-bond acceptors (Lipinski definition) is 4. The Morgan fingerprint density at radius 2 is 1.80 bits per heavy atom. The summed E-state index contributed by atoms with van der Waals surface area (Å²) in [6, 6.07) is 20.0. The molecule has 3 heterocycles. The van der Waals surface area contributed by atoms with Gasteiger partial charge in [0.1, 0.15) is 11.5 Å². The Bertz CT molecular complexity index is 1440. The number of imidazole rings is 2. The Hall–Kier alpha value is -4.26. The van der Waals surface area contributed by atoms with E-state index in [0.29, 0.717) is 18.8 Å². The molecule has 7 nitrogen and oxygen atoms in total. The van der Waals surface area contributed by atoms with Crippen LogP contribution in [0.5, 0.6) is 0 Å². The molecule has 1 N–H and O–H groups in total. The zero-order valence-corrected chi connectivity index (χ0v) is 19.4. The van der Waals surface area contributed by atoms with Gasteiger partial charge in [-0.05, 0) is 67.1 Å². The van der Waals surface area contributed by atoms with Crippen molar-refractivity contribution >= 4 is 16.9 Å². The molecule has 7 heteroatoms. The van der Waals surface area contributed by atoms with E-state index in [1.165, 1.54) is 12.0 Å². The normalized spacial score (nSPS) is 13.0. The van der Waals surface area contributed by atoms with Crippen molar-refractivity contribution in [3.05, 3.63) is 108 Å². The first-order valence-electron chi connectivity index (χ1n) is 12.0. The van der Waals surface area contributed by atoms with Gasteiger partial charge in [-0.2, -0.15) is 0 Å². The zero-order chi connectivity index (χ0) is 23.6. The summed E-state index contributed by atoms with van der Waals surface area (Å²) in [5, 5.41) is 0. The number of aryl methyl sites for hydroxylation is 2. The van der Waals surface area contributed by atoms with E-state index in [1.807, 2.05) is 58.1 Å². The molecule has 35 heavy (non-hydrogen) atoms. The maximum Gasteiger partial charge on any atom is 0.273 e. The average Bonchev–Trinajstić information content (AvgIpc) is 3.58. The number of benzene rings is 2. The predicted molar refractivity (Wildman–Crippen MR) is 134 cm³/mol. The molecule has 3 aromatic heterocycles. The minimum Gasteiger partial charge on any atom is -0.340 e. The van der Waals surface area contributed by atoms with Crippen molar-refractivity contribution in [1.29, 1.82) is 0 Å². The largest absolute Gasteiger partial charge is 0.340 e. The van der Waals surface area contributed by atoms with Gasteiger partial charge in [-0.3, -0.25) is 4.79 Å². The highest BCUT2D eigenvalue weighted by molar-refractivity contribution is 5.92. The predicted octanol–water partition coefficient (Wildman–Crippen LogP) is 4.87. The summed E-state index contributed by atoms with van der Waals surface area (Å²) in [6.45, 7) is 0.828. The van der Waals surface area contributed by atoms with Gasteiger partial charge in [-0.25, -0.2) is 15.0 Å². The lowest BCUT2D eigenvalue weighted by molar-refractivity contribution is 0.0719. The number of pyridine rings is 1. The van der Waals surface area contributed by atoms with Crippen molar-refractivity contribution in [2.45, 2.75) is 38.8 Å². The summed E-state index contributed by atoms with van der Waals surface area (Å²) in [5.74, 6) is 0.671. The second-order valence-electron chi connectivity index (χ2n) is 9.01. The number of H-pyrrole nitrogens is 1. The van der Waals surface area contributed by atoms with Crippen LogP contribution in [0.3, 0.4) is 0 Å². The summed E-state index contributed by atoms with van der Waals surface area (Å²) in [7, 11) is 0. The van der Waals surface area contributed by atoms with E-state index in [-0.39, 0.29) is 5.91 Å². The summed E-state index contributed by atoms with van der Waals surface area (Å²) >= 11 is 0. The fraction of sp³-hybridized carbons (Fsp3) is 0.214. The number of hydrogen-bond donors (Lipinski definition) is 1. The number of para-hydroxylation sites is 2. The van der Waals surface area contributed by atoms with Gasteiger partial charge in [0, 0.05) is 30.3 Å². The standard InChI is InChI=1S/C28H26N6O/c35-28(26-14-11-21-5-1-2-6-23(21)30-26)34(18-27-31-24-7-3-4-8-25(24)32-27)17-20-9-12-22(13-10-20)33-16-15-29-19-33/h3-4,7-16,19H,1-2,5-6,17-18H2,(H,31,32). The maximum atomic E-state index is 13.7. The highest BCUT2D eigenvalue weighted by Crippen LogP contribution is 2.22. The minimum absolute atomic E-state index is 0.0856. The Labute approximate surface area is 203 Å². The third-order valence-electron chi connectivity index (χ3n) is 6.58. The summed E-state index contributed by atoms with van der Waals surface area (Å²) in [6.07, 6.45) is 9.74. The van der Waals surface area contributed by atoms with Crippen molar-refractivity contribution in [3.8, 4) is 5.69 Å². The maximum absolute atomic E-state index is 13.7. The number of aromatic nitrogens is 5. The van der Waals surface area contributed by atoms with Crippen molar-refractivity contribution in [1.82, 2.24) is 29.4 Å². The van der Waals surface area contributed by atoms with E-state index in [4.69, 9.17) is 9.97 Å². The molecule has 1 amide bonds. The molecule has 0 unspecified atom stereocenters. The van der Waals surface area contributed by atoms with Crippen molar-refractivity contribution in [2.75, 3.05) is 0 Å². The first-order chi connectivity index (χ1) is 17.2. The molecule has 0 fully saturated rings. The third kappa shape index (κ3) is 4.45. The molecule has 6 rings (SSSR count). The topological polar surface area (TPSA) is 79.7 Å². The molecule has 0 radical (unpaired) electrons. The quantitative estimate of drug-likeness (QED) is 0.391. The Morgan fingerprint density at radius 3 is 2.63 bits per heavy atom. The van der Waals surface area contributed by atoms with Crippen molar-refractivity contribution in [2.24, 2.45) is 0 Å². The van der Waals surface area contributed by atoms with Crippen LogP contribution in [0, 0.1) is 0 Å². The molecule has 0 atom stereocenters. The number of nitrogens with one attached hydrogen (secondary N) is 1. The van der Waals surface area contributed by atoms with E-state index < -0.39 is 0 Å². The van der Waals surface area contributed by atoms with Crippen LogP contribution in [-0.2, 0) is 25.9 Å². The van der Waals surface area contributed by atoms with E-state index >= 15 is 0 Å². The molecule has 0 bridgehead atoms. The smallest absolute Gasteiger partial charge is 0.273 e. The first kappa shape index (κ1) is 21.3. The second-order valence-corrected chi connectivity index (χ2v) is 9.01. The average molecular weight is 463 g/mol. The van der Waals surface area contributed by atoms with Crippen LogP contribution in [0.4, 0.5) is 0 Å². The Kier molecular flexibility index (Phi) is 5.58. The van der Waals surface area contributed by atoms with Gasteiger partial charge in [0.2, 0.25) is 0 Å². The van der Waals surface area contributed by atoms with Gasteiger partial charge in [0.25, 0.3) is 5.91 Å². The molecular formula is C28H26N6O. The number of aromatic amines is 1. The second kappa shape index (κ2) is 9.18. The molecule has 1 aliphatic carbocycles. The van der Waals surface area contributed by atoms with Crippen LogP contribution >= 0.6 is 0 Å². The van der Waals surface area contributed by atoms with Gasteiger partial charge in [-0.1, -0.05) is 30.3 Å². The highest BCUT2D eigenvalue weighted by Gasteiger charge is 2.22. The summed E-state index contributed by atoms with van der Waals surface area (Å²) in [5.41, 5.74) is 6.76. The fourth-order valence-corrected chi connectivity index (χ4v) is 4.73. The van der Waals surface area contributed by atoms with Crippen LogP contribution in [0.2, 0.25) is 0 Å². The fourth-order valence-electron chi connectivity index (χ4n) is 4.73. The SMILES string of the molecule is O=C(c1ccc2c(n1)CCCC2)N(Cc1ccc(-n2ccnc2)cc1)Cc1nc2ccccc2[nH]1. The number of carbonyl (C=O) groups excluding carboxylic acids is 1. The van der Waals surface area contributed by atoms with Crippen LogP contribution in [0.25, 0.3) is 16.7 Å². The lowest BCUT2D eigenvalue weighted by Crippen LogP contribution is -2.31. The number of carbonyl (C=O) groups is 1. The third-order valence-corrected chi connectivity index (χ3v) is 6.58. The molecule has 174 valence electrons. The lowest BCUT2D eigenvalue weighted by atomic mass is 9.96. The molecule has 0 spiro atoms. The molecule has 0 saturated carbocycles. The molecule has 0 aliphatic heterocycles. The molecule has 0 saturated heterocycles. The van der Waals surface area contributed by atoms with Crippen LogP contribution in [0.1, 0.15) is 46.0 Å². The van der Waals surface area contributed by atoms with Gasteiger partial charge >= 0.3 is 0 Å². The van der Waals surface area contributed by atoms with Crippen molar-refractivity contribution < 1.29 is 4.79 Å². The van der Waals surface area contributed by atoms with Crippen LogP contribution in [-0.4, -0.2) is 35.3 Å². The van der Waals surface area contributed by atoms with Crippen LogP contribution in [0.15, 0.2) is 79.4 Å². The zero-order valence-electron chi connectivity index (χ0n) is 19.4. The van der Waals surface area contributed by atoms with E-state index in [2.05, 4.69) is 28.2 Å². The molecular weight excluding hydrogens is 436 g/mol.